The molecule has 0 saturated carbocycles. The molecule has 3 nitrogen and oxygen atoms in total. The van der Waals surface area contributed by atoms with Gasteiger partial charge in [-0.15, -0.1) is 0 Å². The van der Waals surface area contributed by atoms with Crippen molar-refractivity contribution < 1.29 is 13.2 Å². The van der Waals surface area contributed by atoms with Gasteiger partial charge in [-0.25, -0.2) is 4.98 Å². The van der Waals surface area contributed by atoms with E-state index in [1.807, 2.05) is 0 Å². The van der Waals surface area contributed by atoms with Gasteiger partial charge in [0.1, 0.15) is 5.82 Å². The summed E-state index contributed by atoms with van der Waals surface area (Å²) in [4.78, 5) is 3.70. The molecule has 0 aliphatic carbocycles. The van der Waals surface area contributed by atoms with Gasteiger partial charge in [-0.2, -0.15) is 13.2 Å². The van der Waals surface area contributed by atoms with Crippen LogP contribution in [0.4, 0.5) is 30.4 Å². The SMILES string of the molecule is Nc1ccc(Nc2ncccc2C(F)(F)F)cc1. The number of nitrogens with two attached hydrogens (primary N) is 1. The number of aromatic nitrogens is 1. The fourth-order valence-corrected chi connectivity index (χ4v) is 1.44. The van der Waals surface area contributed by atoms with Gasteiger partial charge in [0.05, 0.1) is 5.56 Å². The molecule has 0 spiro atoms. The molecule has 0 unspecified atom stereocenters. The molecule has 0 fully saturated rings. The van der Waals surface area contributed by atoms with Crippen molar-refractivity contribution in [3.8, 4) is 0 Å². The van der Waals surface area contributed by atoms with Gasteiger partial charge in [-0.1, -0.05) is 0 Å². The Bertz CT molecular complexity index is 535. The first-order chi connectivity index (χ1) is 8.47. The summed E-state index contributed by atoms with van der Waals surface area (Å²) in [5.41, 5.74) is 5.73. The largest absolute Gasteiger partial charge is 0.419 e. The molecule has 0 amide bonds. The highest BCUT2D eigenvalue weighted by molar-refractivity contribution is 5.61. The molecule has 2 aromatic rings. The molecule has 3 N–H and O–H groups in total. The van der Waals surface area contributed by atoms with Crippen LogP contribution in [0.2, 0.25) is 0 Å². The van der Waals surface area contributed by atoms with E-state index in [1.54, 1.807) is 24.3 Å². The van der Waals surface area contributed by atoms with E-state index in [0.29, 0.717) is 11.4 Å². The fraction of sp³-hybridized carbons (Fsp3) is 0.0833. The summed E-state index contributed by atoms with van der Waals surface area (Å²) in [7, 11) is 0. The second kappa shape index (κ2) is 4.56. The first-order valence-corrected chi connectivity index (χ1v) is 5.11. The maximum absolute atomic E-state index is 12.7. The van der Waals surface area contributed by atoms with Gasteiger partial charge in [0.15, 0.2) is 0 Å². The second-order valence-corrected chi connectivity index (χ2v) is 3.64. The normalized spacial score (nSPS) is 11.3. The van der Waals surface area contributed by atoms with Gasteiger partial charge < -0.3 is 11.1 Å². The molecule has 6 heteroatoms. The molecule has 0 atom stereocenters. The van der Waals surface area contributed by atoms with Crippen LogP contribution in [0.3, 0.4) is 0 Å². The van der Waals surface area contributed by atoms with Crippen LogP contribution in [-0.4, -0.2) is 4.98 Å². The van der Waals surface area contributed by atoms with Crippen LogP contribution >= 0.6 is 0 Å². The predicted octanol–water partition coefficient (Wildman–Crippen LogP) is 3.43. The molecule has 0 saturated heterocycles. The molecule has 1 aromatic heterocycles. The number of rotatable bonds is 2. The van der Waals surface area contributed by atoms with Crippen LogP contribution in [0.5, 0.6) is 0 Å². The van der Waals surface area contributed by atoms with E-state index in [0.717, 1.165) is 6.07 Å². The number of nitrogen functional groups attached to an aromatic ring is 1. The Morgan fingerprint density at radius 3 is 2.33 bits per heavy atom. The lowest BCUT2D eigenvalue weighted by molar-refractivity contribution is -0.137. The molecule has 1 heterocycles. The lowest BCUT2D eigenvalue weighted by Crippen LogP contribution is -2.09. The molecule has 0 radical (unpaired) electrons. The quantitative estimate of drug-likeness (QED) is 0.806. The Labute approximate surface area is 101 Å². The summed E-state index contributed by atoms with van der Waals surface area (Å²) < 4.78 is 38.1. The van der Waals surface area contributed by atoms with E-state index in [4.69, 9.17) is 5.73 Å². The van der Waals surface area contributed by atoms with E-state index >= 15 is 0 Å². The minimum atomic E-state index is -4.44. The Morgan fingerprint density at radius 2 is 1.72 bits per heavy atom. The van der Waals surface area contributed by atoms with E-state index in [1.165, 1.54) is 12.3 Å². The molecule has 94 valence electrons. The molecule has 18 heavy (non-hydrogen) atoms. The zero-order valence-corrected chi connectivity index (χ0v) is 9.20. The van der Waals surface area contributed by atoms with Crippen LogP contribution in [0.25, 0.3) is 0 Å². The minimum absolute atomic E-state index is 0.227. The number of nitrogens with zero attached hydrogens (tertiary/aromatic N) is 1. The number of pyridine rings is 1. The molecule has 0 aliphatic heterocycles. The molecule has 1 aromatic carbocycles. The summed E-state index contributed by atoms with van der Waals surface area (Å²) in [5, 5.41) is 2.62. The van der Waals surface area contributed by atoms with Gasteiger partial charge in [0.25, 0.3) is 0 Å². The summed E-state index contributed by atoms with van der Waals surface area (Å²) in [6, 6.07) is 8.59. The molecule has 2 rings (SSSR count). The lowest BCUT2D eigenvalue weighted by atomic mass is 10.2. The number of benzene rings is 1. The van der Waals surface area contributed by atoms with Gasteiger partial charge in [-0.3, -0.25) is 0 Å². The third-order valence-corrected chi connectivity index (χ3v) is 2.29. The Morgan fingerprint density at radius 1 is 1.06 bits per heavy atom. The smallest absolute Gasteiger partial charge is 0.399 e. The first-order valence-electron chi connectivity index (χ1n) is 5.11. The number of anilines is 3. The highest BCUT2D eigenvalue weighted by Gasteiger charge is 2.34. The standard InChI is InChI=1S/C12H10F3N3/c13-12(14,15)10-2-1-7-17-11(10)18-9-5-3-8(16)4-6-9/h1-7H,16H2,(H,17,18). The van der Waals surface area contributed by atoms with Crippen molar-refractivity contribution in [2.75, 3.05) is 11.1 Å². The van der Waals surface area contributed by atoms with E-state index in [9.17, 15) is 13.2 Å². The second-order valence-electron chi connectivity index (χ2n) is 3.64. The van der Waals surface area contributed by atoms with Crippen molar-refractivity contribution >= 4 is 17.2 Å². The van der Waals surface area contributed by atoms with Crippen molar-refractivity contribution in [1.29, 1.82) is 0 Å². The average Bonchev–Trinajstić information content (AvgIpc) is 2.31. The van der Waals surface area contributed by atoms with Crippen molar-refractivity contribution in [3.63, 3.8) is 0 Å². The van der Waals surface area contributed by atoms with Gasteiger partial charge in [-0.05, 0) is 36.4 Å². The number of hydrogen-bond acceptors (Lipinski definition) is 3. The van der Waals surface area contributed by atoms with Crippen molar-refractivity contribution in [1.82, 2.24) is 4.98 Å². The molecular weight excluding hydrogens is 243 g/mol. The topological polar surface area (TPSA) is 50.9 Å². The Kier molecular flexibility index (Phi) is 3.10. The molecule has 0 aliphatic rings. The van der Waals surface area contributed by atoms with Gasteiger partial charge in [0, 0.05) is 17.6 Å². The number of alkyl halides is 3. The number of halogens is 3. The van der Waals surface area contributed by atoms with E-state index in [-0.39, 0.29) is 5.82 Å². The summed E-state index contributed by atoms with van der Waals surface area (Å²) in [6.07, 6.45) is -3.14. The first kappa shape index (κ1) is 12.2. The predicted molar refractivity (Wildman–Crippen MR) is 63.4 cm³/mol. The Balaban J connectivity index is 2.32. The van der Waals surface area contributed by atoms with Crippen LogP contribution in [0.15, 0.2) is 42.6 Å². The number of hydrogen-bond donors (Lipinski definition) is 2. The van der Waals surface area contributed by atoms with Crippen LogP contribution in [0.1, 0.15) is 5.56 Å². The monoisotopic (exact) mass is 253 g/mol. The van der Waals surface area contributed by atoms with Crippen molar-refractivity contribution in [3.05, 3.63) is 48.2 Å². The van der Waals surface area contributed by atoms with Crippen LogP contribution in [0, 0.1) is 0 Å². The van der Waals surface area contributed by atoms with Crippen molar-refractivity contribution in [2.24, 2.45) is 0 Å². The van der Waals surface area contributed by atoms with Gasteiger partial charge in [0.2, 0.25) is 0 Å². The van der Waals surface area contributed by atoms with Gasteiger partial charge >= 0.3 is 6.18 Å². The highest BCUT2D eigenvalue weighted by Crippen LogP contribution is 2.34. The number of nitrogens with one attached hydrogen (secondary N) is 1. The third-order valence-electron chi connectivity index (χ3n) is 2.29. The maximum atomic E-state index is 12.7. The van der Waals surface area contributed by atoms with Crippen LogP contribution < -0.4 is 11.1 Å². The minimum Gasteiger partial charge on any atom is -0.399 e. The third kappa shape index (κ3) is 2.71. The summed E-state index contributed by atoms with van der Waals surface area (Å²) >= 11 is 0. The zero-order valence-electron chi connectivity index (χ0n) is 9.20. The average molecular weight is 253 g/mol. The van der Waals surface area contributed by atoms with Crippen LogP contribution in [-0.2, 0) is 6.18 Å². The maximum Gasteiger partial charge on any atom is 0.419 e. The van der Waals surface area contributed by atoms with E-state index < -0.39 is 11.7 Å². The Hall–Kier alpha value is -2.24. The summed E-state index contributed by atoms with van der Waals surface area (Å²) in [5.74, 6) is -0.227. The lowest BCUT2D eigenvalue weighted by Gasteiger charge is -2.13. The summed E-state index contributed by atoms with van der Waals surface area (Å²) in [6.45, 7) is 0. The zero-order chi connectivity index (χ0) is 13.2. The highest BCUT2D eigenvalue weighted by atomic mass is 19.4. The van der Waals surface area contributed by atoms with E-state index in [2.05, 4.69) is 10.3 Å². The molecular formula is C12H10F3N3. The van der Waals surface area contributed by atoms with Crippen molar-refractivity contribution in [2.45, 2.75) is 6.18 Å². The molecule has 0 bridgehead atoms. The fourth-order valence-electron chi connectivity index (χ4n) is 1.44.